The standard InChI is InChI=1S/C28H28N8O/c1-3-21-12-24(34-28(29-2)33-21)23-15-31-27-22(23)11-19(13-30-27)20-14-32-35(16-20)17-26(37)36-10-6-8-18-7-4-5-9-25(18)36/h4-5,7,9,11-16H,3,6,8,10,17H2,1-2H3,(H,30,31)(H,29,33,34). The molecule has 0 atom stereocenters. The van der Waals surface area contributed by atoms with Gasteiger partial charge in [0.15, 0.2) is 0 Å². The Morgan fingerprint density at radius 1 is 1.14 bits per heavy atom. The second-order valence-electron chi connectivity index (χ2n) is 9.20. The van der Waals surface area contributed by atoms with Crippen molar-refractivity contribution in [2.24, 2.45) is 0 Å². The number of pyridine rings is 1. The number of aryl methyl sites for hydroxylation is 2. The lowest BCUT2D eigenvalue weighted by Gasteiger charge is -2.29. The number of carbonyl (C=O) groups excluding carboxylic acids is 1. The molecule has 0 saturated heterocycles. The molecule has 2 N–H and O–H groups in total. The van der Waals surface area contributed by atoms with Crippen molar-refractivity contribution >= 4 is 28.6 Å². The molecule has 5 aromatic rings. The van der Waals surface area contributed by atoms with E-state index in [0.717, 1.165) is 70.6 Å². The molecule has 1 amide bonds. The highest BCUT2D eigenvalue weighted by atomic mass is 16.2. The molecule has 0 unspecified atom stereocenters. The number of fused-ring (bicyclic) bond motifs is 2. The number of H-pyrrole nitrogens is 1. The summed E-state index contributed by atoms with van der Waals surface area (Å²) in [7, 11) is 1.82. The first kappa shape index (κ1) is 22.9. The second-order valence-corrected chi connectivity index (χ2v) is 9.20. The van der Waals surface area contributed by atoms with E-state index in [9.17, 15) is 4.79 Å². The van der Waals surface area contributed by atoms with Crippen LogP contribution < -0.4 is 10.2 Å². The number of nitrogens with one attached hydrogen (secondary N) is 2. The monoisotopic (exact) mass is 492 g/mol. The first-order valence-electron chi connectivity index (χ1n) is 12.6. The van der Waals surface area contributed by atoms with Crippen LogP contribution in [-0.4, -0.2) is 49.2 Å². The molecule has 4 aromatic heterocycles. The van der Waals surface area contributed by atoms with Gasteiger partial charge in [0.2, 0.25) is 11.9 Å². The van der Waals surface area contributed by atoms with E-state index in [1.807, 2.05) is 54.8 Å². The van der Waals surface area contributed by atoms with Gasteiger partial charge in [-0.2, -0.15) is 5.10 Å². The SMILES string of the molecule is CCc1cc(-c2c[nH]c3ncc(-c4cnn(CC(=O)N5CCCc6ccccc65)c4)cc23)nc(NC)n1. The van der Waals surface area contributed by atoms with Gasteiger partial charge in [0.25, 0.3) is 0 Å². The van der Waals surface area contributed by atoms with Gasteiger partial charge < -0.3 is 15.2 Å². The van der Waals surface area contributed by atoms with Crippen LogP contribution in [-0.2, 0) is 24.2 Å². The molecule has 186 valence electrons. The number of amides is 1. The highest BCUT2D eigenvalue weighted by molar-refractivity contribution is 5.96. The van der Waals surface area contributed by atoms with E-state index in [0.29, 0.717) is 5.95 Å². The van der Waals surface area contributed by atoms with E-state index in [1.165, 1.54) is 5.56 Å². The fraction of sp³-hybridized carbons (Fsp3) is 0.250. The van der Waals surface area contributed by atoms with Gasteiger partial charge >= 0.3 is 0 Å². The Bertz CT molecular complexity index is 1580. The van der Waals surface area contributed by atoms with Crippen LogP contribution in [0.25, 0.3) is 33.4 Å². The molecule has 5 heterocycles. The van der Waals surface area contributed by atoms with Crippen molar-refractivity contribution in [3.05, 3.63) is 72.4 Å². The minimum Gasteiger partial charge on any atom is -0.357 e. The smallest absolute Gasteiger partial charge is 0.248 e. The second kappa shape index (κ2) is 9.50. The van der Waals surface area contributed by atoms with E-state index in [2.05, 4.69) is 49.4 Å². The van der Waals surface area contributed by atoms with E-state index in [-0.39, 0.29) is 12.5 Å². The molecule has 0 radical (unpaired) electrons. The molecule has 37 heavy (non-hydrogen) atoms. The third-order valence-corrected chi connectivity index (χ3v) is 6.85. The average molecular weight is 493 g/mol. The van der Waals surface area contributed by atoms with Crippen molar-refractivity contribution in [2.45, 2.75) is 32.7 Å². The predicted octanol–water partition coefficient (Wildman–Crippen LogP) is 4.47. The van der Waals surface area contributed by atoms with Gasteiger partial charge in [0.05, 0.1) is 11.9 Å². The minimum atomic E-state index is 0.0409. The fourth-order valence-electron chi connectivity index (χ4n) is 4.92. The van der Waals surface area contributed by atoms with Crippen molar-refractivity contribution in [1.82, 2.24) is 29.7 Å². The van der Waals surface area contributed by atoms with Gasteiger partial charge in [-0.25, -0.2) is 15.0 Å². The lowest BCUT2D eigenvalue weighted by atomic mass is 10.0. The molecule has 0 fully saturated rings. The summed E-state index contributed by atoms with van der Waals surface area (Å²) in [6.45, 7) is 3.00. The van der Waals surface area contributed by atoms with Gasteiger partial charge in [-0.15, -0.1) is 0 Å². The zero-order valence-corrected chi connectivity index (χ0v) is 20.9. The summed E-state index contributed by atoms with van der Waals surface area (Å²) >= 11 is 0. The zero-order chi connectivity index (χ0) is 25.4. The van der Waals surface area contributed by atoms with Gasteiger partial charge in [0.1, 0.15) is 12.2 Å². The summed E-state index contributed by atoms with van der Waals surface area (Å²) in [6, 6.07) is 12.2. The largest absolute Gasteiger partial charge is 0.357 e. The lowest BCUT2D eigenvalue weighted by molar-refractivity contribution is -0.119. The maximum absolute atomic E-state index is 13.2. The van der Waals surface area contributed by atoms with E-state index < -0.39 is 0 Å². The molecule has 0 saturated carbocycles. The first-order chi connectivity index (χ1) is 18.1. The van der Waals surface area contributed by atoms with E-state index in [4.69, 9.17) is 0 Å². The van der Waals surface area contributed by atoms with Gasteiger partial charge in [-0.1, -0.05) is 25.1 Å². The Morgan fingerprint density at radius 2 is 2.03 bits per heavy atom. The first-order valence-corrected chi connectivity index (χ1v) is 12.6. The van der Waals surface area contributed by atoms with E-state index in [1.54, 1.807) is 10.9 Å². The Kier molecular flexibility index (Phi) is 5.88. The van der Waals surface area contributed by atoms with Crippen LogP contribution in [0.3, 0.4) is 0 Å². The van der Waals surface area contributed by atoms with Crippen LogP contribution >= 0.6 is 0 Å². The van der Waals surface area contributed by atoms with Crippen molar-refractivity contribution in [2.75, 3.05) is 23.8 Å². The van der Waals surface area contributed by atoms with Gasteiger partial charge in [-0.05, 0) is 43.0 Å². The van der Waals surface area contributed by atoms with Crippen molar-refractivity contribution in [1.29, 1.82) is 0 Å². The number of aromatic amines is 1. The molecular weight excluding hydrogens is 464 g/mol. The molecule has 0 spiro atoms. The highest BCUT2D eigenvalue weighted by Crippen LogP contribution is 2.31. The molecule has 0 aliphatic carbocycles. The van der Waals surface area contributed by atoms with Crippen LogP contribution in [0.1, 0.15) is 24.6 Å². The normalized spacial score (nSPS) is 13.1. The maximum Gasteiger partial charge on any atom is 0.248 e. The Hall–Kier alpha value is -4.53. The van der Waals surface area contributed by atoms with E-state index >= 15 is 0 Å². The quantitative estimate of drug-likeness (QED) is 0.363. The third-order valence-electron chi connectivity index (χ3n) is 6.85. The van der Waals surface area contributed by atoms with Crippen molar-refractivity contribution in [3.63, 3.8) is 0 Å². The minimum absolute atomic E-state index is 0.0409. The number of hydrogen-bond acceptors (Lipinski definition) is 6. The number of hydrogen-bond donors (Lipinski definition) is 2. The van der Waals surface area contributed by atoms with Crippen LogP contribution in [0.4, 0.5) is 11.6 Å². The summed E-state index contributed by atoms with van der Waals surface area (Å²) in [5.41, 5.74) is 7.62. The van der Waals surface area contributed by atoms with Crippen LogP contribution in [0, 0.1) is 0 Å². The van der Waals surface area contributed by atoms with Gasteiger partial charge in [0, 0.05) is 65.6 Å². The number of anilines is 2. The number of para-hydroxylation sites is 1. The molecule has 9 nitrogen and oxygen atoms in total. The fourth-order valence-corrected chi connectivity index (χ4v) is 4.92. The molecule has 1 aromatic carbocycles. The van der Waals surface area contributed by atoms with Crippen molar-refractivity contribution < 1.29 is 4.79 Å². The Labute approximate surface area is 214 Å². The molecule has 0 bridgehead atoms. The molecule has 9 heteroatoms. The Morgan fingerprint density at radius 3 is 2.89 bits per heavy atom. The lowest BCUT2D eigenvalue weighted by Crippen LogP contribution is -2.37. The number of rotatable bonds is 6. The summed E-state index contributed by atoms with van der Waals surface area (Å²) in [5, 5.41) is 8.50. The molecular formula is C28H28N8O. The van der Waals surface area contributed by atoms with Crippen LogP contribution in [0.5, 0.6) is 0 Å². The number of nitrogens with zero attached hydrogens (tertiary/aromatic N) is 6. The molecule has 1 aliphatic heterocycles. The maximum atomic E-state index is 13.2. The predicted molar refractivity (Wildman–Crippen MR) is 144 cm³/mol. The van der Waals surface area contributed by atoms with Crippen LogP contribution in [0.2, 0.25) is 0 Å². The summed E-state index contributed by atoms with van der Waals surface area (Å²) in [4.78, 5) is 32.1. The average Bonchev–Trinajstić information content (AvgIpc) is 3.59. The Balaban J connectivity index is 1.28. The van der Waals surface area contributed by atoms with Crippen molar-refractivity contribution in [3.8, 4) is 22.4 Å². The van der Waals surface area contributed by atoms with Gasteiger partial charge in [-0.3, -0.25) is 9.48 Å². The summed E-state index contributed by atoms with van der Waals surface area (Å²) < 4.78 is 1.70. The zero-order valence-electron chi connectivity index (χ0n) is 20.9. The topological polar surface area (TPSA) is 105 Å². The summed E-state index contributed by atoms with van der Waals surface area (Å²) in [5.74, 6) is 0.634. The molecule has 1 aliphatic rings. The number of benzene rings is 1. The highest BCUT2D eigenvalue weighted by Gasteiger charge is 2.22. The third kappa shape index (κ3) is 4.33. The summed E-state index contributed by atoms with van der Waals surface area (Å²) in [6.07, 6.45) is 10.2. The number of carbonyl (C=O) groups is 1. The molecule has 6 rings (SSSR count). The van der Waals surface area contributed by atoms with Crippen LogP contribution in [0.15, 0.2) is 61.2 Å². The number of aromatic nitrogens is 6.